The Balaban J connectivity index is 1.49. The summed E-state index contributed by atoms with van der Waals surface area (Å²) in [6.45, 7) is 3.82. The molecular weight excluding hydrogens is 352 g/mol. The molecule has 4 aliphatic rings. The van der Waals surface area contributed by atoms with Gasteiger partial charge >= 0.3 is 0 Å². The molecule has 0 unspecified atom stereocenters. The third-order valence-corrected chi connectivity index (χ3v) is 6.14. The molecule has 0 radical (unpaired) electrons. The number of pyridine rings is 1. The number of likely N-dealkylation sites (tertiary alicyclic amines) is 1. The fourth-order valence-corrected chi connectivity index (χ4v) is 4.62. The summed E-state index contributed by atoms with van der Waals surface area (Å²) in [7, 11) is 0. The molecule has 1 atom stereocenters. The average Bonchev–Trinajstić information content (AvgIpc) is 3.37. The van der Waals surface area contributed by atoms with Gasteiger partial charge in [-0.25, -0.2) is 4.98 Å². The van der Waals surface area contributed by atoms with Crippen LogP contribution >= 0.6 is 0 Å². The Morgan fingerprint density at radius 3 is 2.82 bits per heavy atom. The van der Waals surface area contributed by atoms with Gasteiger partial charge in [0.25, 0.3) is 0 Å². The predicted octanol–water partition coefficient (Wildman–Crippen LogP) is 3.16. The van der Waals surface area contributed by atoms with Gasteiger partial charge in [-0.05, 0) is 43.9 Å². The van der Waals surface area contributed by atoms with Crippen LogP contribution < -0.4 is 5.32 Å². The van der Waals surface area contributed by atoms with Crippen molar-refractivity contribution in [1.29, 1.82) is 0 Å². The van der Waals surface area contributed by atoms with Crippen LogP contribution in [0.2, 0.25) is 0 Å². The summed E-state index contributed by atoms with van der Waals surface area (Å²) in [6.07, 6.45) is 9.16. The van der Waals surface area contributed by atoms with Gasteiger partial charge in [0, 0.05) is 48.9 Å². The Morgan fingerprint density at radius 1 is 1.21 bits per heavy atom. The molecule has 1 saturated carbocycles. The summed E-state index contributed by atoms with van der Waals surface area (Å²) in [4.78, 5) is 31.4. The van der Waals surface area contributed by atoms with Crippen LogP contribution in [0.3, 0.4) is 0 Å². The number of piperidine rings is 1. The van der Waals surface area contributed by atoms with E-state index in [1.54, 1.807) is 0 Å². The zero-order valence-corrected chi connectivity index (χ0v) is 16.7. The van der Waals surface area contributed by atoms with Gasteiger partial charge in [-0.15, -0.1) is 0 Å². The summed E-state index contributed by atoms with van der Waals surface area (Å²) in [6, 6.07) is 6.49. The fraction of sp³-hybridized carbons (Fsp3) is 0.591. The van der Waals surface area contributed by atoms with E-state index in [4.69, 9.17) is 4.98 Å². The first-order valence-corrected chi connectivity index (χ1v) is 10.7. The molecule has 3 heterocycles. The molecule has 1 aliphatic carbocycles. The van der Waals surface area contributed by atoms with E-state index in [2.05, 4.69) is 17.4 Å². The normalized spacial score (nSPS) is 20.6. The third-order valence-electron chi connectivity index (χ3n) is 6.14. The van der Waals surface area contributed by atoms with E-state index >= 15 is 0 Å². The van der Waals surface area contributed by atoms with Gasteiger partial charge < -0.3 is 14.8 Å². The minimum atomic E-state index is 0.0614. The van der Waals surface area contributed by atoms with Crippen molar-refractivity contribution in [3.05, 3.63) is 30.1 Å². The maximum absolute atomic E-state index is 12.5. The maximum Gasteiger partial charge on any atom is 0.240 e. The van der Waals surface area contributed by atoms with E-state index < -0.39 is 0 Å². The molecule has 1 saturated heterocycles. The Hall–Kier alpha value is -2.37. The molecule has 0 bridgehead atoms. The summed E-state index contributed by atoms with van der Waals surface area (Å²) in [5.74, 6) is 1.42. The number of rotatable bonds is 5. The lowest BCUT2D eigenvalue weighted by atomic mass is 9.94. The number of carbonyl (C=O) groups excluding carboxylic acids is 2. The van der Waals surface area contributed by atoms with Gasteiger partial charge in [-0.3, -0.25) is 9.59 Å². The topological polar surface area (TPSA) is 67.2 Å². The Bertz CT molecular complexity index is 809. The Kier molecular flexibility index (Phi) is 5.64. The fourth-order valence-electron chi connectivity index (χ4n) is 4.62. The molecule has 0 aromatic carbocycles. The largest absolute Gasteiger partial charge is 0.352 e. The molecule has 3 aliphatic heterocycles. The highest BCUT2D eigenvalue weighted by Crippen LogP contribution is 2.32. The van der Waals surface area contributed by atoms with Crippen molar-refractivity contribution in [3.63, 3.8) is 0 Å². The van der Waals surface area contributed by atoms with Crippen molar-refractivity contribution in [2.75, 3.05) is 13.1 Å². The van der Waals surface area contributed by atoms with Crippen LogP contribution in [0.4, 0.5) is 0 Å². The number of fused-ring (bicyclic) bond motifs is 1. The van der Waals surface area contributed by atoms with Crippen molar-refractivity contribution < 1.29 is 9.59 Å². The van der Waals surface area contributed by atoms with Crippen molar-refractivity contribution in [2.45, 2.75) is 70.4 Å². The molecule has 0 aromatic rings. The van der Waals surface area contributed by atoms with Crippen LogP contribution in [0.1, 0.15) is 63.5 Å². The number of nitrogens with one attached hydrogen (secondary N) is 1. The second-order valence-corrected chi connectivity index (χ2v) is 8.18. The van der Waals surface area contributed by atoms with Gasteiger partial charge in [0.1, 0.15) is 12.4 Å². The lowest BCUT2D eigenvalue weighted by Gasteiger charge is -2.32. The average molecular weight is 383 g/mol. The molecule has 1 N–H and O–H groups in total. The minimum Gasteiger partial charge on any atom is -0.352 e. The summed E-state index contributed by atoms with van der Waals surface area (Å²) < 4.78 is 1.95. The SMILES string of the molecule is CCC(=O)N1CCC[C@H](c2cc3cccn(CC(=O)NC4CCCC4)c-3n2)C1. The van der Waals surface area contributed by atoms with Crippen molar-refractivity contribution >= 4 is 11.8 Å². The standard InChI is InChI=1S/C22H30N4O2/c1-2-21(28)25-11-6-8-17(14-25)19-13-16-7-5-12-26(22(16)24-19)15-20(27)23-18-9-3-4-10-18/h5,7,12-13,17-18H,2-4,6,8-11,14-15H2,1H3,(H,23,27)/t17-/m0/s1. The monoisotopic (exact) mass is 382 g/mol. The number of hydrogen-bond donors (Lipinski definition) is 1. The first-order valence-electron chi connectivity index (χ1n) is 10.7. The van der Waals surface area contributed by atoms with E-state index in [0.717, 1.165) is 55.9 Å². The van der Waals surface area contributed by atoms with Gasteiger partial charge in [-0.1, -0.05) is 19.8 Å². The molecular formula is C22H30N4O2. The quantitative estimate of drug-likeness (QED) is 0.864. The lowest BCUT2D eigenvalue weighted by Crippen LogP contribution is -2.38. The van der Waals surface area contributed by atoms with Crippen LogP contribution in [-0.2, 0) is 16.1 Å². The van der Waals surface area contributed by atoms with E-state index in [9.17, 15) is 9.59 Å². The molecule has 0 spiro atoms. The highest BCUT2D eigenvalue weighted by atomic mass is 16.2. The van der Waals surface area contributed by atoms with Crippen LogP contribution in [-0.4, -0.2) is 45.4 Å². The van der Waals surface area contributed by atoms with Gasteiger partial charge in [0.05, 0.1) is 0 Å². The highest BCUT2D eigenvalue weighted by Gasteiger charge is 2.27. The second kappa shape index (κ2) is 8.33. The summed E-state index contributed by atoms with van der Waals surface area (Å²) in [5.41, 5.74) is 2.10. The van der Waals surface area contributed by atoms with Crippen LogP contribution in [0.15, 0.2) is 24.4 Å². The van der Waals surface area contributed by atoms with E-state index in [1.807, 2.05) is 28.7 Å². The van der Waals surface area contributed by atoms with Gasteiger partial charge in [0.15, 0.2) is 0 Å². The second-order valence-electron chi connectivity index (χ2n) is 8.18. The zero-order chi connectivity index (χ0) is 19.5. The molecule has 6 nitrogen and oxygen atoms in total. The van der Waals surface area contributed by atoms with E-state index in [1.165, 1.54) is 12.8 Å². The molecule has 4 rings (SSSR count). The molecule has 0 aromatic heterocycles. The molecule has 28 heavy (non-hydrogen) atoms. The highest BCUT2D eigenvalue weighted by molar-refractivity contribution is 5.77. The predicted molar refractivity (Wildman–Crippen MR) is 108 cm³/mol. The molecule has 2 amide bonds. The first kappa shape index (κ1) is 19.0. The number of carbonyl (C=O) groups is 2. The van der Waals surface area contributed by atoms with Crippen LogP contribution in [0.5, 0.6) is 0 Å². The smallest absolute Gasteiger partial charge is 0.240 e. The first-order chi connectivity index (χ1) is 13.6. The zero-order valence-electron chi connectivity index (χ0n) is 16.7. The Labute approximate surface area is 166 Å². The summed E-state index contributed by atoms with van der Waals surface area (Å²) in [5, 5.41) is 3.16. The van der Waals surface area contributed by atoms with Gasteiger partial charge in [0.2, 0.25) is 11.8 Å². The van der Waals surface area contributed by atoms with Gasteiger partial charge in [-0.2, -0.15) is 0 Å². The number of aromatic nitrogens is 2. The minimum absolute atomic E-state index is 0.0614. The number of nitrogens with zero attached hydrogens (tertiary/aromatic N) is 3. The molecule has 150 valence electrons. The number of hydrogen-bond acceptors (Lipinski definition) is 3. The number of amides is 2. The van der Waals surface area contributed by atoms with Crippen LogP contribution in [0, 0.1) is 0 Å². The van der Waals surface area contributed by atoms with Crippen molar-refractivity contribution in [1.82, 2.24) is 19.8 Å². The lowest BCUT2D eigenvalue weighted by molar-refractivity contribution is -0.132. The van der Waals surface area contributed by atoms with Crippen molar-refractivity contribution in [3.8, 4) is 11.4 Å². The third kappa shape index (κ3) is 4.05. The molecule has 6 heteroatoms. The van der Waals surface area contributed by atoms with E-state index in [-0.39, 0.29) is 17.7 Å². The van der Waals surface area contributed by atoms with Crippen molar-refractivity contribution in [2.24, 2.45) is 0 Å². The molecule has 2 fully saturated rings. The Morgan fingerprint density at radius 2 is 2.04 bits per heavy atom. The summed E-state index contributed by atoms with van der Waals surface area (Å²) >= 11 is 0. The van der Waals surface area contributed by atoms with Crippen LogP contribution in [0.25, 0.3) is 11.4 Å². The maximum atomic E-state index is 12.5. The van der Waals surface area contributed by atoms with E-state index in [0.29, 0.717) is 19.0 Å².